The van der Waals surface area contributed by atoms with Crippen molar-refractivity contribution in [3.63, 3.8) is 0 Å². The number of likely N-dealkylation sites (N-methyl/N-ethyl adjacent to an activating group) is 1. The van der Waals surface area contributed by atoms with Crippen molar-refractivity contribution in [2.45, 2.75) is 26.9 Å². The van der Waals surface area contributed by atoms with Gasteiger partial charge in [0.1, 0.15) is 11.4 Å². The second-order valence-electron chi connectivity index (χ2n) is 6.36. The minimum atomic E-state index is -0.727. The molecule has 9 heteroatoms. The molecule has 0 atom stereocenters. The topological polar surface area (TPSA) is 133 Å². The summed E-state index contributed by atoms with van der Waals surface area (Å²) >= 11 is 0. The molecule has 1 aromatic carbocycles. The molecule has 28 heavy (non-hydrogen) atoms. The number of nitrogens with zero attached hydrogens (tertiary/aromatic N) is 3. The van der Waals surface area contributed by atoms with E-state index in [9.17, 15) is 19.2 Å². The van der Waals surface area contributed by atoms with E-state index in [-0.39, 0.29) is 37.6 Å². The SMILES string of the molecule is CCN(CC(N)=O)CC(=O)c1c(N)n(Cc2ccccc2)c(=O)n(CC)c1=O. The number of nitrogen functional groups attached to an aromatic ring is 1. The summed E-state index contributed by atoms with van der Waals surface area (Å²) in [6, 6.07) is 9.12. The van der Waals surface area contributed by atoms with Crippen LogP contribution >= 0.6 is 0 Å². The summed E-state index contributed by atoms with van der Waals surface area (Å²) in [5, 5.41) is 0. The molecule has 1 aromatic heterocycles. The van der Waals surface area contributed by atoms with Gasteiger partial charge in [0.25, 0.3) is 5.56 Å². The lowest BCUT2D eigenvalue weighted by Crippen LogP contribution is -2.45. The summed E-state index contributed by atoms with van der Waals surface area (Å²) in [6.45, 7) is 3.71. The van der Waals surface area contributed by atoms with Crippen LogP contribution in [0.25, 0.3) is 0 Å². The van der Waals surface area contributed by atoms with Gasteiger partial charge in [0.05, 0.1) is 19.6 Å². The zero-order valence-corrected chi connectivity index (χ0v) is 16.1. The first kappa shape index (κ1) is 21.1. The third-order valence-corrected chi connectivity index (χ3v) is 4.44. The highest BCUT2D eigenvalue weighted by Gasteiger charge is 2.24. The Hall–Kier alpha value is -3.20. The number of nitrogens with two attached hydrogens (primary N) is 2. The van der Waals surface area contributed by atoms with Crippen molar-refractivity contribution in [1.29, 1.82) is 0 Å². The van der Waals surface area contributed by atoms with Crippen LogP contribution in [-0.2, 0) is 17.9 Å². The van der Waals surface area contributed by atoms with Gasteiger partial charge in [0, 0.05) is 6.54 Å². The van der Waals surface area contributed by atoms with E-state index < -0.39 is 22.9 Å². The molecule has 1 amide bonds. The second kappa shape index (κ2) is 9.14. The van der Waals surface area contributed by atoms with Gasteiger partial charge in [-0.2, -0.15) is 0 Å². The van der Waals surface area contributed by atoms with Crippen LogP contribution in [0.2, 0.25) is 0 Å². The molecule has 0 radical (unpaired) electrons. The molecule has 4 N–H and O–H groups in total. The zero-order chi connectivity index (χ0) is 20.8. The molecule has 0 spiro atoms. The number of carbonyl (C=O) groups excluding carboxylic acids is 2. The Kier molecular flexibility index (Phi) is 6.89. The van der Waals surface area contributed by atoms with E-state index >= 15 is 0 Å². The smallest absolute Gasteiger partial charge is 0.332 e. The Bertz CT molecular complexity index is 978. The van der Waals surface area contributed by atoms with Crippen LogP contribution < -0.4 is 22.7 Å². The highest BCUT2D eigenvalue weighted by Crippen LogP contribution is 2.10. The molecule has 0 fully saturated rings. The summed E-state index contributed by atoms with van der Waals surface area (Å²) in [4.78, 5) is 50.9. The number of primary amides is 1. The van der Waals surface area contributed by atoms with E-state index in [0.29, 0.717) is 6.54 Å². The molecule has 0 saturated heterocycles. The Labute approximate surface area is 162 Å². The van der Waals surface area contributed by atoms with Crippen LogP contribution in [0, 0.1) is 0 Å². The van der Waals surface area contributed by atoms with Crippen molar-refractivity contribution in [3.8, 4) is 0 Å². The van der Waals surface area contributed by atoms with Crippen molar-refractivity contribution in [1.82, 2.24) is 14.0 Å². The van der Waals surface area contributed by atoms with Gasteiger partial charge in [0.2, 0.25) is 5.91 Å². The molecular formula is C19H25N5O4. The highest BCUT2D eigenvalue weighted by atomic mass is 16.2. The fourth-order valence-corrected chi connectivity index (χ4v) is 2.96. The lowest BCUT2D eigenvalue weighted by Gasteiger charge is -2.19. The maximum atomic E-state index is 12.8. The normalized spacial score (nSPS) is 11.0. The molecule has 2 aromatic rings. The van der Waals surface area contributed by atoms with E-state index in [1.54, 1.807) is 13.8 Å². The van der Waals surface area contributed by atoms with Crippen LogP contribution in [-0.4, -0.2) is 45.4 Å². The van der Waals surface area contributed by atoms with Gasteiger partial charge in [-0.1, -0.05) is 37.3 Å². The third-order valence-electron chi connectivity index (χ3n) is 4.44. The number of rotatable bonds is 9. The molecule has 0 aliphatic heterocycles. The molecule has 0 aliphatic rings. The van der Waals surface area contributed by atoms with Gasteiger partial charge in [0.15, 0.2) is 5.78 Å². The fourth-order valence-electron chi connectivity index (χ4n) is 2.96. The molecule has 9 nitrogen and oxygen atoms in total. The van der Waals surface area contributed by atoms with Crippen molar-refractivity contribution in [2.24, 2.45) is 5.73 Å². The molecular weight excluding hydrogens is 362 g/mol. The number of carbonyl (C=O) groups is 2. The lowest BCUT2D eigenvalue weighted by atomic mass is 10.1. The summed E-state index contributed by atoms with van der Waals surface area (Å²) in [6.07, 6.45) is 0. The summed E-state index contributed by atoms with van der Waals surface area (Å²) < 4.78 is 2.20. The number of amides is 1. The van der Waals surface area contributed by atoms with Gasteiger partial charge in [-0.15, -0.1) is 0 Å². The van der Waals surface area contributed by atoms with Crippen molar-refractivity contribution in [2.75, 3.05) is 25.4 Å². The number of benzene rings is 1. The maximum Gasteiger partial charge on any atom is 0.332 e. The summed E-state index contributed by atoms with van der Waals surface area (Å²) in [5.74, 6) is -1.32. The van der Waals surface area contributed by atoms with Crippen molar-refractivity contribution < 1.29 is 9.59 Å². The molecule has 0 bridgehead atoms. The fraction of sp³-hybridized carbons (Fsp3) is 0.368. The van der Waals surface area contributed by atoms with E-state index in [1.807, 2.05) is 30.3 Å². The van der Waals surface area contributed by atoms with Crippen LogP contribution in [0.15, 0.2) is 39.9 Å². The lowest BCUT2D eigenvalue weighted by molar-refractivity contribution is -0.118. The first-order valence-electron chi connectivity index (χ1n) is 9.00. The van der Waals surface area contributed by atoms with Crippen LogP contribution in [0.4, 0.5) is 5.82 Å². The molecule has 0 aliphatic carbocycles. The van der Waals surface area contributed by atoms with E-state index in [0.717, 1.165) is 10.1 Å². The molecule has 0 saturated carbocycles. The van der Waals surface area contributed by atoms with Crippen molar-refractivity contribution >= 4 is 17.5 Å². The largest absolute Gasteiger partial charge is 0.384 e. The number of ketones is 1. The van der Waals surface area contributed by atoms with Crippen LogP contribution in [0.5, 0.6) is 0 Å². The van der Waals surface area contributed by atoms with Gasteiger partial charge < -0.3 is 11.5 Å². The van der Waals surface area contributed by atoms with Gasteiger partial charge in [-0.3, -0.25) is 28.4 Å². The number of anilines is 1. The number of Topliss-reactive ketones (excluding diaryl/α,β-unsaturated/α-hetero) is 1. The van der Waals surface area contributed by atoms with E-state index in [2.05, 4.69) is 0 Å². The van der Waals surface area contributed by atoms with Crippen LogP contribution in [0.1, 0.15) is 29.8 Å². The molecule has 0 unspecified atom stereocenters. The summed E-state index contributed by atoms with van der Waals surface area (Å²) in [7, 11) is 0. The van der Waals surface area contributed by atoms with Gasteiger partial charge in [-0.25, -0.2) is 4.79 Å². The number of aromatic nitrogens is 2. The zero-order valence-electron chi connectivity index (χ0n) is 16.1. The number of hydrogen-bond donors (Lipinski definition) is 2. The third kappa shape index (κ3) is 4.55. The molecule has 150 valence electrons. The predicted molar refractivity (Wildman–Crippen MR) is 106 cm³/mol. The minimum Gasteiger partial charge on any atom is -0.384 e. The first-order valence-corrected chi connectivity index (χ1v) is 9.00. The monoisotopic (exact) mass is 387 g/mol. The average Bonchev–Trinajstić information content (AvgIpc) is 2.65. The summed E-state index contributed by atoms with van der Waals surface area (Å²) in [5.41, 5.74) is 10.5. The van der Waals surface area contributed by atoms with Crippen LogP contribution in [0.3, 0.4) is 0 Å². The Morgan fingerprint density at radius 1 is 1.04 bits per heavy atom. The average molecular weight is 387 g/mol. The molecule has 2 rings (SSSR count). The predicted octanol–water partition coefficient (Wildman–Crippen LogP) is -0.350. The Morgan fingerprint density at radius 3 is 2.21 bits per heavy atom. The number of hydrogen-bond acceptors (Lipinski definition) is 6. The minimum absolute atomic E-state index is 0.103. The maximum absolute atomic E-state index is 12.8. The van der Waals surface area contributed by atoms with E-state index in [1.165, 1.54) is 9.47 Å². The molecule has 1 heterocycles. The van der Waals surface area contributed by atoms with Gasteiger partial charge in [-0.05, 0) is 19.0 Å². The van der Waals surface area contributed by atoms with E-state index in [4.69, 9.17) is 11.5 Å². The van der Waals surface area contributed by atoms with Crippen molar-refractivity contribution in [3.05, 3.63) is 62.3 Å². The van der Waals surface area contributed by atoms with Gasteiger partial charge >= 0.3 is 5.69 Å². The standard InChI is InChI=1S/C19H25N5O4/c1-3-22(12-15(20)26)11-14(25)16-17(21)24(10-13-8-6-5-7-9-13)19(28)23(4-2)18(16)27/h5-9H,3-4,10-12,21H2,1-2H3,(H2,20,26). The highest BCUT2D eigenvalue weighted by molar-refractivity contribution is 6.01. The first-order chi connectivity index (χ1) is 13.3. The second-order valence-corrected chi connectivity index (χ2v) is 6.36. The Morgan fingerprint density at radius 2 is 1.68 bits per heavy atom. The quantitative estimate of drug-likeness (QED) is 0.565. The Balaban J connectivity index is 2.53.